The molecule has 0 bridgehead atoms. The molecule has 0 fully saturated rings. The van der Waals surface area contributed by atoms with Gasteiger partial charge in [0.1, 0.15) is 4.60 Å². The highest BCUT2D eigenvalue weighted by atomic mass is 79.9. The van der Waals surface area contributed by atoms with E-state index in [2.05, 4.69) is 20.9 Å². The Morgan fingerprint density at radius 2 is 2.00 bits per heavy atom. The van der Waals surface area contributed by atoms with Crippen molar-refractivity contribution in [3.63, 3.8) is 0 Å². The summed E-state index contributed by atoms with van der Waals surface area (Å²) in [6.07, 6.45) is 1.74. The van der Waals surface area contributed by atoms with Crippen molar-refractivity contribution in [1.82, 2.24) is 4.98 Å². The average molecular weight is 298 g/mol. The topological polar surface area (TPSA) is 38.9 Å². The molecule has 0 saturated heterocycles. The summed E-state index contributed by atoms with van der Waals surface area (Å²) in [4.78, 5) is 4.16. The van der Waals surface area contributed by atoms with Crippen molar-refractivity contribution in [1.29, 1.82) is 0 Å². The molecule has 2 N–H and O–H groups in total. The second-order valence-electron chi connectivity index (χ2n) is 3.48. The Balaban J connectivity index is 2.68. The third-order valence-electron chi connectivity index (χ3n) is 2.46. The zero-order chi connectivity index (χ0) is 11.7. The van der Waals surface area contributed by atoms with Gasteiger partial charge in [-0.3, -0.25) is 0 Å². The zero-order valence-corrected chi connectivity index (χ0v) is 11.0. The molecule has 0 spiro atoms. The van der Waals surface area contributed by atoms with Gasteiger partial charge in [0.05, 0.1) is 10.7 Å². The number of hydrogen-bond acceptors (Lipinski definition) is 2. The van der Waals surface area contributed by atoms with E-state index in [0.29, 0.717) is 10.7 Å². The summed E-state index contributed by atoms with van der Waals surface area (Å²) in [6, 6.07) is 7.57. The monoisotopic (exact) mass is 296 g/mol. The second-order valence-corrected chi connectivity index (χ2v) is 4.61. The van der Waals surface area contributed by atoms with Gasteiger partial charge < -0.3 is 5.73 Å². The van der Waals surface area contributed by atoms with Crippen LogP contribution in [0, 0.1) is 6.92 Å². The summed E-state index contributed by atoms with van der Waals surface area (Å²) < 4.78 is 0.823. The van der Waals surface area contributed by atoms with Crippen LogP contribution < -0.4 is 5.73 Å². The molecular weight excluding hydrogens is 288 g/mol. The van der Waals surface area contributed by atoms with Crippen LogP contribution >= 0.6 is 27.5 Å². The summed E-state index contributed by atoms with van der Waals surface area (Å²) in [5.41, 5.74) is 9.40. The predicted molar refractivity (Wildman–Crippen MR) is 71.5 cm³/mol. The molecular formula is C12H10BrClN2. The molecule has 2 rings (SSSR count). The molecule has 2 aromatic rings. The molecule has 1 aromatic carbocycles. The molecule has 1 heterocycles. The third kappa shape index (κ3) is 1.93. The maximum atomic E-state index is 6.19. The van der Waals surface area contributed by atoms with E-state index in [0.717, 1.165) is 21.3 Å². The highest BCUT2D eigenvalue weighted by Crippen LogP contribution is 2.35. The molecule has 0 aliphatic heterocycles. The van der Waals surface area contributed by atoms with Crippen LogP contribution in [0.4, 0.5) is 5.69 Å². The normalized spacial score (nSPS) is 10.4. The first-order valence-corrected chi connectivity index (χ1v) is 5.94. The standard InChI is InChI=1S/C12H10BrClN2/c1-7-8(5-6-16-12(7)13)9-3-2-4-10(15)11(9)14/h2-6H,15H2,1H3. The zero-order valence-electron chi connectivity index (χ0n) is 8.67. The van der Waals surface area contributed by atoms with Gasteiger partial charge in [-0.2, -0.15) is 0 Å². The Bertz CT molecular complexity index is 491. The Kier molecular flexibility index (Phi) is 3.17. The molecule has 82 valence electrons. The fraction of sp³-hybridized carbons (Fsp3) is 0.0833. The lowest BCUT2D eigenvalue weighted by molar-refractivity contribution is 1.22. The Hall–Kier alpha value is -1.06. The highest BCUT2D eigenvalue weighted by Gasteiger charge is 2.10. The smallest absolute Gasteiger partial charge is 0.109 e. The Morgan fingerprint density at radius 3 is 2.75 bits per heavy atom. The number of benzene rings is 1. The summed E-state index contributed by atoms with van der Waals surface area (Å²) in [5.74, 6) is 0. The maximum Gasteiger partial charge on any atom is 0.109 e. The third-order valence-corrected chi connectivity index (χ3v) is 3.68. The fourth-order valence-corrected chi connectivity index (χ4v) is 2.12. The summed E-state index contributed by atoms with van der Waals surface area (Å²) in [7, 11) is 0. The van der Waals surface area contributed by atoms with Crippen LogP contribution in [-0.4, -0.2) is 4.98 Å². The summed E-state index contributed by atoms with van der Waals surface area (Å²) >= 11 is 9.59. The number of rotatable bonds is 1. The summed E-state index contributed by atoms with van der Waals surface area (Å²) in [5, 5.41) is 0.587. The average Bonchev–Trinajstić information content (AvgIpc) is 2.27. The molecule has 0 radical (unpaired) electrons. The van der Waals surface area contributed by atoms with Crippen LogP contribution in [-0.2, 0) is 0 Å². The van der Waals surface area contributed by atoms with Crippen molar-refractivity contribution in [2.75, 3.05) is 5.73 Å². The van der Waals surface area contributed by atoms with Crippen LogP contribution in [0.15, 0.2) is 35.1 Å². The first-order chi connectivity index (χ1) is 7.61. The van der Waals surface area contributed by atoms with Gasteiger partial charge in [-0.15, -0.1) is 0 Å². The largest absolute Gasteiger partial charge is 0.398 e. The first kappa shape index (κ1) is 11.4. The number of nitrogens with zero attached hydrogens (tertiary/aromatic N) is 1. The van der Waals surface area contributed by atoms with Crippen molar-refractivity contribution in [3.8, 4) is 11.1 Å². The molecule has 4 heteroatoms. The molecule has 1 aromatic heterocycles. The fourth-order valence-electron chi connectivity index (χ4n) is 1.56. The summed E-state index contributed by atoms with van der Waals surface area (Å²) in [6.45, 7) is 1.99. The van der Waals surface area contributed by atoms with Gasteiger partial charge in [0.2, 0.25) is 0 Å². The van der Waals surface area contributed by atoms with Gasteiger partial charge in [-0.1, -0.05) is 23.7 Å². The molecule has 0 amide bonds. The van der Waals surface area contributed by atoms with Gasteiger partial charge in [0, 0.05) is 11.8 Å². The number of nitrogens with two attached hydrogens (primary N) is 1. The molecule has 0 aliphatic carbocycles. The van der Waals surface area contributed by atoms with Crippen LogP contribution in [0.5, 0.6) is 0 Å². The van der Waals surface area contributed by atoms with E-state index in [-0.39, 0.29) is 0 Å². The van der Waals surface area contributed by atoms with E-state index in [1.54, 1.807) is 12.3 Å². The minimum atomic E-state index is 0.587. The van der Waals surface area contributed by atoms with Crippen molar-refractivity contribution < 1.29 is 0 Å². The lowest BCUT2D eigenvalue weighted by Gasteiger charge is -2.10. The van der Waals surface area contributed by atoms with E-state index in [1.807, 2.05) is 25.1 Å². The second kappa shape index (κ2) is 4.44. The lowest BCUT2D eigenvalue weighted by Crippen LogP contribution is -1.91. The lowest BCUT2D eigenvalue weighted by atomic mass is 10.0. The van der Waals surface area contributed by atoms with Crippen LogP contribution in [0.2, 0.25) is 5.02 Å². The van der Waals surface area contributed by atoms with Gasteiger partial charge in [0.15, 0.2) is 0 Å². The maximum absolute atomic E-state index is 6.19. The SMILES string of the molecule is Cc1c(-c2cccc(N)c2Cl)ccnc1Br. The van der Waals surface area contributed by atoms with Crippen LogP contribution in [0.3, 0.4) is 0 Å². The molecule has 0 aliphatic rings. The van der Waals surface area contributed by atoms with Gasteiger partial charge in [-0.25, -0.2) is 4.98 Å². The van der Waals surface area contributed by atoms with E-state index in [4.69, 9.17) is 17.3 Å². The van der Waals surface area contributed by atoms with Crippen LogP contribution in [0.1, 0.15) is 5.56 Å². The number of pyridine rings is 1. The molecule has 16 heavy (non-hydrogen) atoms. The van der Waals surface area contributed by atoms with Crippen molar-refractivity contribution in [2.45, 2.75) is 6.92 Å². The van der Waals surface area contributed by atoms with E-state index in [9.17, 15) is 0 Å². The van der Waals surface area contributed by atoms with Crippen molar-refractivity contribution in [3.05, 3.63) is 45.7 Å². The Morgan fingerprint density at radius 1 is 1.25 bits per heavy atom. The molecule has 0 atom stereocenters. The highest BCUT2D eigenvalue weighted by molar-refractivity contribution is 9.10. The number of halogens is 2. The van der Waals surface area contributed by atoms with Crippen LogP contribution in [0.25, 0.3) is 11.1 Å². The van der Waals surface area contributed by atoms with Gasteiger partial charge in [-0.05, 0) is 46.1 Å². The predicted octanol–water partition coefficient (Wildman–Crippen LogP) is 4.06. The minimum absolute atomic E-state index is 0.587. The molecule has 2 nitrogen and oxygen atoms in total. The quantitative estimate of drug-likeness (QED) is 0.637. The van der Waals surface area contributed by atoms with Gasteiger partial charge >= 0.3 is 0 Å². The number of anilines is 1. The molecule has 0 unspecified atom stereocenters. The number of hydrogen-bond donors (Lipinski definition) is 1. The van der Waals surface area contributed by atoms with Crippen molar-refractivity contribution >= 4 is 33.2 Å². The van der Waals surface area contributed by atoms with E-state index < -0.39 is 0 Å². The Labute approximate surface area is 108 Å². The van der Waals surface area contributed by atoms with Gasteiger partial charge in [0.25, 0.3) is 0 Å². The molecule has 0 saturated carbocycles. The minimum Gasteiger partial charge on any atom is -0.398 e. The van der Waals surface area contributed by atoms with E-state index >= 15 is 0 Å². The van der Waals surface area contributed by atoms with Crippen molar-refractivity contribution in [2.24, 2.45) is 0 Å². The number of nitrogen functional groups attached to an aromatic ring is 1. The number of aromatic nitrogens is 1. The van der Waals surface area contributed by atoms with E-state index in [1.165, 1.54) is 0 Å². The first-order valence-electron chi connectivity index (χ1n) is 4.76.